The highest BCUT2D eigenvalue weighted by atomic mass is 32.2. The van der Waals surface area contributed by atoms with Gasteiger partial charge in [0.05, 0.1) is 12.7 Å². The van der Waals surface area contributed by atoms with Crippen molar-refractivity contribution in [3.63, 3.8) is 0 Å². The number of rotatable bonds is 9. The van der Waals surface area contributed by atoms with E-state index in [4.69, 9.17) is 9.26 Å². The summed E-state index contributed by atoms with van der Waals surface area (Å²) >= 11 is 0. The van der Waals surface area contributed by atoms with Crippen molar-refractivity contribution in [2.24, 2.45) is 0 Å². The van der Waals surface area contributed by atoms with Crippen molar-refractivity contribution in [2.45, 2.75) is 76.2 Å². The summed E-state index contributed by atoms with van der Waals surface area (Å²) in [6.07, 6.45) is 5.62. The van der Waals surface area contributed by atoms with E-state index in [2.05, 4.69) is 29.5 Å². The van der Waals surface area contributed by atoms with Crippen molar-refractivity contribution in [3.05, 3.63) is 71.0 Å². The zero-order valence-corrected chi connectivity index (χ0v) is 25.4. The zero-order valence-electron chi connectivity index (χ0n) is 24.6. The van der Waals surface area contributed by atoms with Gasteiger partial charge in [0.25, 0.3) is 5.91 Å². The van der Waals surface area contributed by atoms with Crippen LogP contribution in [0.5, 0.6) is 0 Å². The Balaban J connectivity index is 1.07. The molecule has 3 aliphatic rings. The molecule has 228 valence electrons. The van der Waals surface area contributed by atoms with E-state index < -0.39 is 16.1 Å². The number of carbonyl (C=O) groups excluding carboxylic acids is 2. The van der Waals surface area contributed by atoms with Crippen LogP contribution in [0.4, 0.5) is 10.5 Å². The number of nitrogens with zero attached hydrogens (tertiary/aromatic N) is 3. The van der Waals surface area contributed by atoms with Crippen LogP contribution < -0.4 is 10.0 Å². The molecule has 3 aromatic rings. The van der Waals surface area contributed by atoms with Crippen LogP contribution in [0.25, 0.3) is 11.3 Å². The summed E-state index contributed by atoms with van der Waals surface area (Å²) in [5, 5.41) is 7.40. The third kappa shape index (κ3) is 6.17. The summed E-state index contributed by atoms with van der Waals surface area (Å²) in [4.78, 5) is 27.6. The summed E-state index contributed by atoms with van der Waals surface area (Å²) < 4.78 is 39.1. The fourth-order valence-electron chi connectivity index (χ4n) is 6.13. The van der Waals surface area contributed by atoms with Gasteiger partial charge < -0.3 is 19.5 Å². The Morgan fingerprint density at radius 3 is 2.33 bits per heavy atom. The molecular weight excluding hydrogens is 570 g/mol. The van der Waals surface area contributed by atoms with Crippen molar-refractivity contribution in [2.75, 3.05) is 19.4 Å². The maximum atomic E-state index is 13.3. The Hall–Kier alpha value is -3.74. The second kappa shape index (κ2) is 11.7. The van der Waals surface area contributed by atoms with E-state index in [0.29, 0.717) is 18.2 Å². The Morgan fingerprint density at radius 1 is 1.02 bits per heavy atom. The third-order valence-corrected chi connectivity index (χ3v) is 10.1. The number of hydrogen-bond acceptors (Lipinski definition) is 7. The van der Waals surface area contributed by atoms with Crippen LogP contribution in [-0.2, 0) is 21.6 Å². The Kier molecular flexibility index (Phi) is 8.01. The molecule has 0 radical (unpaired) electrons. The summed E-state index contributed by atoms with van der Waals surface area (Å²) in [6, 6.07) is 14.3. The van der Waals surface area contributed by atoms with Crippen LogP contribution in [0.1, 0.15) is 71.7 Å². The van der Waals surface area contributed by atoms with E-state index >= 15 is 0 Å². The normalized spacial score (nSPS) is 21.7. The van der Waals surface area contributed by atoms with Gasteiger partial charge in [-0.3, -0.25) is 4.79 Å². The summed E-state index contributed by atoms with van der Waals surface area (Å²) in [7, 11) is -1.23. The third-order valence-electron chi connectivity index (χ3n) is 8.66. The molecule has 2 unspecified atom stereocenters. The number of carbonyl (C=O) groups is 2. The van der Waals surface area contributed by atoms with Gasteiger partial charge in [-0.05, 0) is 75.3 Å². The van der Waals surface area contributed by atoms with Gasteiger partial charge in [-0.25, -0.2) is 9.52 Å². The molecule has 3 heterocycles. The highest BCUT2D eigenvalue weighted by Gasteiger charge is 2.44. The molecule has 0 spiro atoms. The molecule has 2 bridgehead atoms. The van der Waals surface area contributed by atoms with Crippen LogP contribution in [0.15, 0.2) is 53.1 Å². The van der Waals surface area contributed by atoms with Gasteiger partial charge in [0.15, 0.2) is 0 Å². The summed E-state index contributed by atoms with van der Waals surface area (Å²) in [5.41, 5.74) is 4.81. The number of urea groups is 1. The fraction of sp³-hybridized carbons (Fsp3) is 0.452. The van der Waals surface area contributed by atoms with E-state index in [0.717, 1.165) is 71.0 Å². The van der Waals surface area contributed by atoms with Crippen molar-refractivity contribution >= 4 is 27.8 Å². The van der Waals surface area contributed by atoms with Crippen LogP contribution in [0, 0.1) is 6.92 Å². The number of piperidine rings is 1. The van der Waals surface area contributed by atoms with E-state index in [1.54, 1.807) is 12.1 Å². The first-order valence-corrected chi connectivity index (χ1v) is 16.1. The van der Waals surface area contributed by atoms with Crippen LogP contribution in [0.2, 0.25) is 0 Å². The monoisotopic (exact) mass is 607 g/mol. The Bertz CT molecular complexity index is 1600. The number of fused-ring (bicyclic) bond motifs is 2. The number of benzene rings is 2. The molecule has 3 amide bonds. The van der Waals surface area contributed by atoms with Crippen molar-refractivity contribution < 1.29 is 27.3 Å². The van der Waals surface area contributed by atoms with Crippen LogP contribution in [-0.4, -0.2) is 67.0 Å². The molecule has 2 aromatic carbocycles. The number of aryl methyl sites for hydroxylation is 1. The van der Waals surface area contributed by atoms with Gasteiger partial charge in [-0.15, -0.1) is 0 Å². The average molecular weight is 608 g/mol. The number of aromatic nitrogens is 1. The lowest BCUT2D eigenvalue weighted by Crippen LogP contribution is -2.50. The second-order valence-corrected chi connectivity index (χ2v) is 13.8. The molecule has 2 N–H and O–H groups in total. The SMILES string of the molecule is Cc1ccccc1-c1noc(C2CC2)c1COC1CC2CCC(C1)N2C(=O)Nc1ccc(C(=O)NS(=O)(=O)N(C)C)cc1. The van der Waals surface area contributed by atoms with Crippen molar-refractivity contribution in [1.82, 2.24) is 19.1 Å². The van der Waals surface area contributed by atoms with Crippen LogP contribution in [0.3, 0.4) is 0 Å². The van der Waals surface area contributed by atoms with E-state index in [1.807, 2.05) is 21.8 Å². The molecule has 1 aliphatic carbocycles. The first-order chi connectivity index (χ1) is 20.6. The van der Waals surface area contributed by atoms with Crippen molar-refractivity contribution in [3.8, 4) is 11.3 Å². The van der Waals surface area contributed by atoms with Crippen molar-refractivity contribution in [1.29, 1.82) is 0 Å². The van der Waals surface area contributed by atoms with Crippen LogP contribution >= 0.6 is 0 Å². The van der Waals surface area contributed by atoms with E-state index in [1.165, 1.54) is 26.2 Å². The Morgan fingerprint density at radius 2 is 1.70 bits per heavy atom. The Labute approximate surface area is 251 Å². The molecule has 12 heteroatoms. The van der Waals surface area contributed by atoms with Gasteiger partial charge in [0.2, 0.25) is 0 Å². The predicted molar refractivity (Wildman–Crippen MR) is 161 cm³/mol. The van der Waals surface area contributed by atoms with Gasteiger partial charge in [-0.1, -0.05) is 29.4 Å². The maximum Gasteiger partial charge on any atom is 0.322 e. The first kappa shape index (κ1) is 29.3. The summed E-state index contributed by atoms with van der Waals surface area (Å²) in [5.74, 6) is 0.620. The van der Waals surface area contributed by atoms with E-state index in [-0.39, 0.29) is 29.8 Å². The minimum atomic E-state index is -3.90. The summed E-state index contributed by atoms with van der Waals surface area (Å²) in [6.45, 7) is 2.51. The number of ether oxygens (including phenoxy) is 1. The lowest BCUT2D eigenvalue weighted by Gasteiger charge is -2.38. The number of hydrogen-bond donors (Lipinski definition) is 2. The molecule has 2 saturated heterocycles. The fourth-order valence-corrected chi connectivity index (χ4v) is 6.67. The minimum absolute atomic E-state index is 0.0319. The molecule has 6 rings (SSSR count). The first-order valence-electron chi connectivity index (χ1n) is 14.7. The number of nitrogens with one attached hydrogen (secondary N) is 2. The molecule has 1 aromatic heterocycles. The van der Waals surface area contributed by atoms with E-state index in [9.17, 15) is 18.0 Å². The molecule has 43 heavy (non-hydrogen) atoms. The quantitative estimate of drug-likeness (QED) is 0.357. The topological polar surface area (TPSA) is 134 Å². The van der Waals surface area contributed by atoms with Gasteiger partial charge in [0.1, 0.15) is 11.5 Å². The molecule has 2 aliphatic heterocycles. The maximum absolute atomic E-state index is 13.3. The lowest BCUT2D eigenvalue weighted by atomic mass is 9.99. The van der Waals surface area contributed by atoms with Gasteiger partial charge >= 0.3 is 16.2 Å². The molecule has 11 nitrogen and oxygen atoms in total. The standard InChI is InChI=1S/C31H37N5O6S/c1-19-6-4-5-7-26(19)28-27(29(42-33-28)20-8-9-20)18-41-25-16-23-14-15-24(17-25)36(23)31(38)32-22-12-10-21(11-13-22)30(37)34-43(39,40)35(2)3/h4-7,10-13,20,23-25H,8-9,14-18H2,1-3H3,(H,32,38)(H,34,37). The average Bonchev–Trinajstić information content (AvgIpc) is 3.67. The lowest BCUT2D eigenvalue weighted by molar-refractivity contribution is -0.0158. The predicted octanol–water partition coefficient (Wildman–Crippen LogP) is 4.81. The minimum Gasteiger partial charge on any atom is -0.373 e. The largest absolute Gasteiger partial charge is 0.373 e. The molecular formula is C31H37N5O6S. The smallest absolute Gasteiger partial charge is 0.322 e. The van der Waals surface area contributed by atoms with Gasteiger partial charge in [-0.2, -0.15) is 12.7 Å². The zero-order chi connectivity index (χ0) is 30.3. The number of anilines is 1. The molecule has 1 saturated carbocycles. The highest BCUT2D eigenvalue weighted by Crippen LogP contribution is 2.45. The number of amides is 3. The molecule has 2 atom stereocenters. The highest BCUT2D eigenvalue weighted by molar-refractivity contribution is 7.87. The molecule has 3 fully saturated rings. The van der Waals surface area contributed by atoms with Gasteiger partial charge in [0, 0.05) is 54.5 Å². The second-order valence-electron chi connectivity index (χ2n) is 11.9.